The van der Waals surface area contributed by atoms with Gasteiger partial charge in [-0.1, -0.05) is 39.7 Å². The summed E-state index contributed by atoms with van der Waals surface area (Å²) in [6.45, 7) is 1.48. The molecule has 1 unspecified atom stereocenters. The molecular formula is C17H16BrClN3O+. The lowest BCUT2D eigenvalue weighted by Crippen LogP contribution is -3.06. The molecule has 3 aromatic rings. The Hall–Kier alpha value is -1.69. The lowest BCUT2D eigenvalue weighted by Gasteiger charge is -2.13. The van der Waals surface area contributed by atoms with E-state index in [1.807, 2.05) is 12.1 Å². The first-order valence-corrected chi connectivity index (χ1v) is 8.42. The lowest BCUT2D eigenvalue weighted by molar-refractivity contribution is -0.908. The van der Waals surface area contributed by atoms with Crippen LogP contribution in [0.4, 0.5) is 0 Å². The van der Waals surface area contributed by atoms with Crippen molar-refractivity contribution in [3.05, 3.63) is 73.7 Å². The van der Waals surface area contributed by atoms with Gasteiger partial charge in [0.25, 0.3) is 5.56 Å². The third-order valence-corrected chi connectivity index (χ3v) is 4.37. The van der Waals surface area contributed by atoms with E-state index in [1.165, 1.54) is 10.5 Å². The average Bonchev–Trinajstić information content (AvgIpc) is 2.49. The van der Waals surface area contributed by atoms with Crippen molar-refractivity contribution in [2.45, 2.75) is 13.1 Å². The Balaban J connectivity index is 1.80. The van der Waals surface area contributed by atoms with Gasteiger partial charge in [0.15, 0.2) is 5.82 Å². The van der Waals surface area contributed by atoms with Crippen molar-refractivity contribution in [3.63, 3.8) is 0 Å². The third-order valence-electron chi connectivity index (χ3n) is 3.61. The van der Waals surface area contributed by atoms with Crippen LogP contribution in [0, 0.1) is 0 Å². The molecule has 6 heteroatoms. The van der Waals surface area contributed by atoms with Gasteiger partial charge in [-0.15, -0.1) is 0 Å². The highest BCUT2D eigenvalue weighted by molar-refractivity contribution is 9.10. The average molecular weight is 394 g/mol. The summed E-state index contributed by atoms with van der Waals surface area (Å²) in [7, 11) is 2.07. The molecule has 23 heavy (non-hydrogen) atoms. The first-order chi connectivity index (χ1) is 11.0. The largest absolute Gasteiger partial charge is 0.327 e. The van der Waals surface area contributed by atoms with E-state index in [0.717, 1.165) is 11.0 Å². The highest BCUT2D eigenvalue weighted by Crippen LogP contribution is 2.14. The Labute approximate surface area is 147 Å². The number of nitrogens with one attached hydrogen (secondary N) is 2. The van der Waals surface area contributed by atoms with E-state index in [1.54, 1.807) is 18.2 Å². The summed E-state index contributed by atoms with van der Waals surface area (Å²) in [5.41, 5.74) is 1.74. The molecule has 0 saturated heterocycles. The lowest BCUT2D eigenvalue weighted by atomic mass is 10.2. The second-order valence-electron chi connectivity index (χ2n) is 5.61. The molecule has 4 nitrogen and oxygen atoms in total. The number of H-pyrrole nitrogens is 1. The fraction of sp³-hybridized carbons (Fsp3) is 0.176. The van der Waals surface area contributed by atoms with Gasteiger partial charge in [-0.2, -0.15) is 0 Å². The minimum absolute atomic E-state index is 0.127. The zero-order chi connectivity index (χ0) is 16.4. The van der Waals surface area contributed by atoms with Gasteiger partial charge in [-0.05, 0) is 30.3 Å². The first-order valence-electron chi connectivity index (χ1n) is 7.25. The van der Waals surface area contributed by atoms with E-state index >= 15 is 0 Å². The summed E-state index contributed by atoms with van der Waals surface area (Å²) in [4.78, 5) is 20.7. The summed E-state index contributed by atoms with van der Waals surface area (Å²) < 4.78 is 1.07. The van der Waals surface area contributed by atoms with Crippen LogP contribution in [0.1, 0.15) is 11.4 Å². The zero-order valence-electron chi connectivity index (χ0n) is 12.6. The molecule has 2 aromatic carbocycles. The van der Waals surface area contributed by atoms with Crippen molar-refractivity contribution in [1.29, 1.82) is 0 Å². The number of quaternary nitrogens is 1. The molecule has 118 valence electrons. The van der Waals surface area contributed by atoms with Crippen LogP contribution in [0.15, 0.2) is 51.7 Å². The maximum Gasteiger partial charge on any atom is 0.258 e. The van der Waals surface area contributed by atoms with Crippen LogP contribution >= 0.6 is 27.5 Å². The Morgan fingerprint density at radius 3 is 2.65 bits per heavy atom. The minimum atomic E-state index is -0.127. The van der Waals surface area contributed by atoms with E-state index in [-0.39, 0.29) is 5.56 Å². The summed E-state index contributed by atoms with van der Waals surface area (Å²) >= 11 is 9.42. The van der Waals surface area contributed by atoms with Gasteiger partial charge in [0.05, 0.1) is 18.0 Å². The van der Waals surface area contributed by atoms with Gasteiger partial charge in [-0.25, -0.2) is 4.98 Å². The van der Waals surface area contributed by atoms with Gasteiger partial charge < -0.3 is 9.88 Å². The Kier molecular flexibility index (Phi) is 4.80. The van der Waals surface area contributed by atoms with Gasteiger partial charge in [0.1, 0.15) is 13.1 Å². The number of rotatable bonds is 4. The Bertz CT molecular complexity index is 892. The van der Waals surface area contributed by atoms with Crippen molar-refractivity contribution in [1.82, 2.24) is 9.97 Å². The van der Waals surface area contributed by atoms with Crippen molar-refractivity contribution in [2.24, 2.45) is 0 Å². The number of fused-ring (bicyclic) bond motifs is 1. The molecule has 0 bridgehead atoms. The van der Waals surface area contributed by atoms with E-state index in [2.05, 4.69) is 45.1 Å². The number of aromatic nitrogens is 2. The van der Waals surface area contributed by atoms with Gasteiger partial charge in [0, 0.05) is 15.1 Å². The molecule has 0 saturated carbocycles. The van der Waals surface area contributed by atoms with E-state index in [9.17, 15) is 4.79 Å². The molecular weight excluding hydrogens is 378 g/mol. The summed E-state index contributed by atoms with van der Waals surface area (Å²) in [5, 5.41) is 1.14. The van der Waals surface area contributed by atoms with Gasteiger partial charge >= 0.3 is 0 Å². The van der Waals surface area contributed by atoms with Crippen LogP contribution in [0.2, 0.25) is 5.02 Å². The van der Waals surface area contributed by atoms with Crippen LogP contribution in [0.5, 0.6) is 0 Å². The molecule has 0 fully saturated rings. The number of nitrogens with zero attached hydrogens (tertiary/aromatic N) is 1. The molecule has 3 rings (SSSR count). The fourth-order valence-electron chi connectivity index (χ4n) is 2.54. The van der Waals surface area contributed by atoms with Gasteiger partial charge in [-0.3, -0.25) is 4.79 Å². The molecule has 2 N–H and O–H groups in total. The molecule has 0 amide bonds. The zero-order valence-corrected chi connectivity index (χ0v) is 14.9. The Morgan fingerprint density at radius 2 is 1.91 bits per heavy atom. The molecule has 0 aliphatic heterocycles. The van der Waals surface area contributed by atoms with Crippen LogP contribution < -0.4 is 10.5 Å². The molecule has 0 aliphatic carbocycles. The minimum Gasteiger partial charge on any atom is -0.327 e. The van der Waals surface area contributed by atoms with Crippen molar-refractivity contribution in [2.75, 3.05) is 7.05 Å². The van der Waals surface area contributed by atoms with Crippen LogP contribution in [0.25, 0.3) is 10.9 Å². The molecule has 0 spiro atoms. The maximum atomic E-state index is 12.1. The molecule has 1 atom stereocenters. The first kappa shape index (κ1) is 16.2. The smallest absolute Gasteiger partial charge is 0.258 e. The second-order valence-corrected chi connectivity index (χ2v) is 6.96. The fourth-order valence-corrected chi connectivity index (χ4v) is 2.97. The highest BCUT2D eigenvalue weighted by Gasteiger charge is 2.10. The molecule has 0 aliphatic rings. The van der Waals surface area contributed by atoms with Crippen LogP contribution in [-0.2, 0) is 13.1 Å². The summed E-state index contributed by atoms with van der Waals surface area (Å²) in [6.07, 6.45) is 0. The predicted octanol–water partition coefficient (Wildman–Crippen LogP) is 2.55. The van der Waals surface area contributed by atoms with Crippen molar-refractivity contribution >= 4 is 38.4 Å². The maximum absolute atomic E-state index is 12.1. The number of hydrogen-bond donors (Lipinski definition) is 2. The topological polar surface area (TPSA) is 50.2 Å². The Morgan fingerprint density at radius 1 is 1.17 bits per heavy atom. The number of halogens is 2. The molecule has 1 heterocycles. The highest BCUT2D eigenvalue weighted by atomic mass is 79.9. The quantitative estimate of drug-likeness (QED) is 0.716. The summed E-state index contributed by atoms with van der Waals surface area (Å²) in [5.74, 6) is 0.666. The van der Waals surface area contributed by atoms with Gasteiger partial charge in [0.2, 0.25) is 0 Å². The normalized spacial score (nSPS) is 12.5. The van der Waals surface area contributed by atoms with Crippen LogP contribution in [-0.4, -0.2) is 17.0 Å². The number of hydrogen-bond acceptors (Lipinski definition) is 2. The van der Waals surface area contributed by atoms with Crippen molar-refractivity contribution in [3.8, 4) is 0 Å². The van der Waals surface area contributed by atoms with E-state index in [4.69, 9.17) is 11.6 Å². The molecule has 1 aromatic heterocycles. The second kappa shape index (κ2) is 6.83. The number of aromatic amines is 1. The standard InChI is InChI=1S/C17H15BrClN3O/c1-22(9-11-2-4-12(18)5-3-11)10-16-20-15-8-13(19)6-7-14(15)17(23)21-16/h2-8H,9-10H2,1H3,(H,20,21,23)/p+1. The SMILES string of the molecule is C[NH+](Cc1ccc(Br)cc1)Cc1nc2cc(Cl)ccc2c(=O)[nH]1. The van der Waals surface area contributed by atoms with Crippen molar-refractivity contribution < 1.29 is 4.90 Å². The predicted molar refractivity (Wildman–Crippen MR) is 95.8 cm³/mol. The number of benzene rings is 2. The van der Waals surface area contributed by atoms with E-state index in [0.29, 0.717) is 28.3 Å². The van der Waals surface area contributed by atoms with E-state index < -0.39 is 0 Å². The van der Waals surface area contributed by atoms with Crippen LogP contribution in [0.3, 0.4) is 0 Å². The monoisotopic (exact) mass is 392 g/mol. The summed E-state index contributed by atoms with van der Waals surface area (Å²) in [6, 6.07) is 13.4. The third kappa shape index (κ3) is 3.99. The molecule has 0 radical (unpaired) electrons.